The van der Waals surface area contributed by atoms with E-state index in [1.165, 1.54) is 18.2 Å². The zero-order valence-corrected chi connectivity index (χ0v) is 12.9. The molecule has 0 aromatic heterocycles. The van der Waals surface area contributed by atoms with Crippen molar-refractivity contribution in [2.24, 2.45) is 5.11 Å². The number of aliphatic hydroxyl groups is 1. The Morgan fingerprint density at radius 3 is 2.76 bits per heavy atom. The number of thioether (sulfide) groups is 1. The van der Waals surface area contributed by atoms with Crippen molar-refractivity contribution in [2.75, 3.05) is 12.9 Å². The molecule has 0 radical (unpaired) electrons. The number of aliphatic hydroxyl groups excluding tert-OH is 1. The minimum absolute atomic E-state index is 0.297. The highest BCUT2D eigenvalue weighted by atomic mass is 32.2. The lowest BCUT2D eigenvalue weighted by Crippen LogP contribution is -2.64. The van der Waals surface area contributed by atoms with Gasteiger partial charge < -0.3 is 19.3 Å². The Balaban J connectivity index is 1.81. The Kier molecular flexibility index (Phi) is 4.63. The lowest BCUT2D eigenvalue weighted by atomic mass is 9.90. The molecule has 21 heavy (non-hydrogen) atoms. The molecule has 2 aliphatic heterocycles. The van der Waals surface area contributed by atoms with Crippen LogP contribution in [0.15, 0.2) is 5.11 Å². The summed E-state index contributed by atoms with van der Waals surface area (Å²) in [7, 11) is 0. The van der Waals surface area contributed by atoms with Crippen molar-refractivity contribution in [1.82, 2.24) is 0 Å². The van der Waals surface area contributed by atoms with Crippen molar-refractivity contribution in [2.45, 2.75) is 67.7 Å². The van der Waals surface area contributed by atoms with Crippen LogP contribution < -0.4 is 0 Å². The summed E-state index contributed by atoms with van der Waals surface area (Å²) in [5.41, 5.74) is 8.38. The molecule has 2 unspecified atom stereocenters. The monoisotopic (exact) mass is 315 g/mol. The molecule has 5 atom stereocenters. The molecule has 2 saturated heterocycles. The highest BCUT2D eigenvalue weighted by molar-refractivity contribution is 7.99. The molecule has 8 heteroatoms. The highest BCUT2D eigenvalue weighted by Gasteiger charge is 2.52. The minimum Gasteiger partial charge on any atom is -0.389 e. The second kappa shape index (κ2) is 6.32. The van der Waals surface area contributed by atoms with E-state index in [4.69, 9.17) is 19.7 Å². The quantitative estimate of drug-likeness (QED) is 0.478. The maximum Gasteiger partial charge on any atom is 0.168 e. The van der Waals surface area contributed by atoms with E-state index in [0.717, 1.165) is 25.7 Å². The highest BCUT2D eigenvalue weighted by Crippen LogP contribution is 2.42. The molecule has 0 amide bonds. The SMILES string of the molecule is CS[C@@H]1OC2COC3(CCCCC3)O[C@@H]2[C@H](N=[N+]=[N-])C1O. The largest absolute Gasteiger partial charge is 0.389 e. The molecule has 0 bridgehead atoms. The van der Waals surface area contributed by atoms with E-state index in [9.17, 15) is 5.11 Å². The third-order valence-electron chi connectivity index (χ3n) is 4.53. The molecule has 1 aliphatic carbocycles. The molecule has 1 spiro atoms. The summed E-state index contributed by atoms with van der Waals surface area (Å²) in [6, 6.07) is -0.631. The Morgan fingerprint density at radius 1 is 1.33 bits per heavy atom. The second-order valence-electron chi connectivity index (χ2n) is 5.83. The minimum atomic E-state index is -0.865. The van der Waals surface area contributed by atoms with Gasteiger partial charge in [-0.15, -0.1) is 11.8 Å². The van der Waals surface area contributed by atoms with Gasteiger partial charge in [0, 0.05) is 17.8 Å². The van der Waals surface area contributed by atoms with Gasteiger partial charge in [0.25, 0.3) is 0 Å². The van der Waals surface area contributed by atoms with Crippen LogP contribution in [0.25, 0.3) is 10.4 Å². The number of fused-ring (bicyclic) bond motifs is 1. The molecular weight excluding hydrogens is 294 g/mol. The van der Waals surface area contributed by atoms with E-state index in [0.29, 0.717) is 6.61 Å². The van der Waals surface area contributed by atoms with E-state index in [-0.39, 0.29) is 6.10 Å². The molecule has 0 aromatic rings. The fraction of sp³-hybridized carbons (Fsp3) is 1.00. The molecule has 1 saturated carbocycles. The number of hydrogen-bond acceptors (Lipinski definition) is 6. The van der Waals surface area contributed by atoms with Crippen LogP contribution in [0.2, 0.25) is 0 Å². The van der Waals surface area contributed by atoms with Crippen LogP contribution in [-0.2, 0) is 14.2 Å². The number of azide groups is 1. The molecule has 3 fully saturated rings. The van der Waals surface area contributed by atoms with Gasteiger partial charge in [0.2, 0.25) is 0 Å². The fourth-order valence-electron chi connectivity index (χ4n) is 3.44. The number of nitrogens with zero attached hydrogens (tertiary/aromatic N) is 3. The third-order valence-corrected chi connectivity index (χ3v) is 5.39. The zero-order valence-electron chi connectivity index (χ0n) is 12.1. The zero-order chi connectivity index (χ0) is 14.9. The number of ether oxygens (including phenoxy) is 3. The molecule has 3 rings (SSSR count). The van der Waals surface area contributed by atoms with Gasteiger partial charge in [-0.05, 0) is 24.6 Å². The van der Waals surface area contributed by atoms with Crippen LogP contribution in [0, 0.1) is 0 Å². The van der Waals surface area contributed by atoms with Crippen molar-refractivity contribution in [3.8, 4) is 0 Å². The number of rotatable bonds is 2. The first-order chi connectivity index (χ1) is 10.2. The normalized spacial score (nSPS) is 42.1. The molecule has 2 heterocycles. The van der Waals surface area contributed by atoms with Crippen molar-refractivity contribution in [3.63, 3.8) is 0 Å². The first-order valence-electron chi connectivity index (χ1n) is 7.41. The van der Waals surface area contributed by atoms with Gasteiger partial charge in [0.1, 0.15) is 23.7 Å². The first-order valence-corrected chi connectivity index (χ1v) is 8.70. The number of hydrogen-bond donors (Lipinski definition) is 1. The Hall–Kier alpha value is -0.500. The molecule has 7 nitrogen and oxygen atoms in total. The van der Waals surface area contributed by atoms with Gasteiger partial charge in [-0.1, -0.05) is 11.5 Å². The van der Waals surface area contributed by atoms with Crippen molar-refractivity contribution >= 4 is 11.8 Å². The van der Waals surface area contributed by atoms with Crippen molar-refractivity contribution in [1.29, 1.82) is 0 Å². The predicted octanol–water partition coefficient (Wildman–Crippen LogP) is 2.19. The summed E-state index contributed by atoms with van der Waals surface area (Å²) in [4.78, 5) is 2.88. The van der Waals surface area contributed by atoms with Crippen LogP contribution in [0.4, 0.5) is 0 Å². The second-order valence-corrected chi connectivity index (χ2v) is 6.77. The van der Waals surface area contributed by atoms with Crippen LogP contribution >= 0.6 is 11.8 Å². The summed E-state index contributed by atoms with van der Waals surface area (Å²) in [6.07, 6.45) is 5.28. The van der Waals surface area contributed by atoms with Gasteiger partial charge in [-0.2, -0.15) is 0 Å². The molecular formula is C13H21N3O4S. The third kappa shape index (κ3) is 2.88. The summed E-state index contributed by atoms with van der Waals surface area (Å²) >= 11 is 1.40. The molecule has 1 N–H and O–H groups in total. The molecule has 118 valence electrons. The van der Waals surface area contributed by atoms with Gasteiger partial charge in [-0.3, -0.25) is 0 Å². The summed E-state index contributed by atoms with van der Waals surface area (Å²) < 4.78 is 18.0. The van der Waals surface area contributed by atoms with Gasteiger partial charge in [-0.25, -0.2) is 0 Å². The average Bonchev–Trinajstić information content (AvgIpc) is 2.51. The van der Waals surface area contributed by atoms with Gasteiger partial charge in [0.05, 0.1) is 12.6 Å². The fourth-order valence-corrected chi connectivity index (χ4v) is 4.14. The van der Waals surface area contributed by atoms with Crippen LogP contribution in [-0.4, -0.2) is 53.5 Å². The maximum absolute atomic E-state index is 10.4. The first kappa shape index (κ1) is 15.4. The van der Waals surface area contributed by atoms with E-state index >= 15 is 0 Å². The standard InChI is InChI=1S/C13H21N3O4S/c1-21-12-10(17)9(15-16-14)11-8(19-12)7-18-13(20-11)5-3-2-4-6-13/h8-12,17H,2-7H2,1H3/t8?,9-,10?,11+,12+/m1/s1. The predicted molar refractivity (Wildman–Crippen MR) is 77.8 cm³/mol. The summed E-state index contributed by atoms with van der Waals surface area (Å²) in [6.45, 7) is 0.423. The Morgan fingerprint density at radius 2 is 2.10 bits per heavy atom. The smallest absolute Gasteiger partial charge is 0.168 e. The van der Waals surface area contributed by atoms with Crippen molar-refractivity contribution < 1.29 is 19.3 Å². The molecule has 3 aliphatic rings. The van der Waals surface area contributed by atoms with Crippen LogP contribution in [0.5, 0.6) is 0 Å². The lowest BCUT2D eigenvalue weighted by molar-refractivity contribution is -0.355. The van der Waals surface area contributed by atoms with Crippen LogP contribution in [0.3, 0.4) is 0 Å². The molecule has 0 aromatic carbocycles. The van der Waals surface area contributed by atoms with E-state index in [1.54, 1.807) is 0 Å². The van der Waals surface area contributed by atoms with E-state index < -0.39 is 29.5 Å². The van der Waals surface area contributed by atoms with Gasteiger partial charge in [0.15, 0.2) is 5.79 Å². The lowest BCUT2D eigenvalue weighted by Gasteiger charge is -2.51. The Labute approximate surface area is 127 Å². The Bertz CT molecular complexity index is 426. The van der Waals surface area contributed by atoms with Crippen LogP contribution in [0.1, 0.15) is 32.1 Å². The maximum atomic E-state index is 10.4. The van der Waals surface area contributed by atoms with E-state index in [2.05, 4.69) is 10.0 Å². The van der Waals surface area contributed by atoms with Crippen molar-refractivity contribution in [3.05, 3.63) is 10.4 Å². The average molecular weight is 315 g/mol. The summed E-state index contributed by atoms with van der Waals surface area (Å²) in [5.74, 6) is -0.585. The van der Waals surface area contributed by atoms with Gasteiger partial charge >= 0.3 is 0 Å². The topological polar surface area (TPSA) is 96.7 Å². The van der Waals surface area contributed by atoms with E-state index in [1.807, 2.05) is 6.26 Å². The summed E-state index contributed by atoms with van der Waals surface area (Å²) in [5, 5.41) is 14.1.